The van der Waals surface area contributed by atoms with Crippen LogP contribution in [0, 0.1) is 0 Å². The number of nitrogens with one attached hydrogen (secondary N) is 1. The number of benzene rings is 1. The molecule has 1 atom stereocenters. The van der Waals surface area contributed by atoms with E-state index in [0.717, 1.165) is 12.1 Å². The maximum Gasteiger partial charge on any atom is 0.0785 e. The van der Waals surface area contributed by atoms with Crippen molar-refractivity contribution in [1.29, 1.82) is 0 Å². The van der Waals surface area contributed by atoms with Crippen LogP contribution in [0.2, 0.25) is 0 Å². The normalized spacial score (nSPS) is 14.0. The van der Waals surface area contributed by atoms with Crippen molar-refractivity contribution in [3.05, 3.63) is 35.9 Å². The summed E-state index contributed by atoms with van der Waals surface area (Å²) in [6.07, 6.45) is 0. The van der Waals surface area contributed by atoms with Crippen molar-refractivity contribution >= 4 is 0 Å². The molecule has 0 spiro atoms. The highest BCUT2D eigenvalue weighted by Gasteiger charge is 2.26. The van der Waals surface area contributed by atoms with Gasteiger partial charge in [-0.1, -0.05) is 37.3 Å². The molecule has 0 radical (unpaired) electrons. The molecule has 0 aliphatic carbocycles. The van der Waals surface area contributed by atoms with Crippen molar-refractivity contribution in [2.24, 2.45) is 0 Å². The van der Waals surface area contributed by atoms with E-state index in [9.17, 15) is 5.11 Å². The van der Waals surface area contributed by atoms with Gasteiger partial charge in [0.2, 0.25) is 0 Å². The highest BCUT2D eigenvalue weighted by Crippen LogP contribution is 2.24. The van der Waals surface area contributed by atoms with Crippen molar-refractivity contribution in [3.63, 3.8) is 0 Å². The third-order valence-corrected chi connectivity index (χ3v) is 2.25. The van der Waals surface area contributed by atoms with Crippen molar-refractivity contribution in [2.75, 3.05) is 6.54 Å². The van der Waals surface area contributed by atoms with Gasteiger partial charge in [0.15, 0.2) is 0 Å². The SMILES string of the molecule is CCNC(c1ccccc1)C(C)(C)O. The Labute approximate surface area is 86.0 Å². The number of hydrogen-bond donors (Lipinski definition) is 2. The van der Waals surface area contributed by atoms with Crippen molar-refractivity contribution in [2.45, 2.75) is 32.4 Å². The lowest BCUT2D eigenvalue weighted by molar-refractivity contribution is 0.0377. The van der Waals surface area contributed by atoms with Crippen LogP contribution < -0.4 is 5.32 Å². The molecule has 14 heavy (non-hydrogen) atoms. The Balaban J connectivity index is 2.89. The van der Waals surface area contributed by atoms with Gasteiger partial charge < -0.3 is 10.4 Å². The van der Waals surface area contributed by atoms with Crippen LogP contribution in [0.15, 0.2) is 30.3 Å². The quantitative estimate of drug-likeness (QED) is 0.767. The van der Waals surface area contributed by atoms with Gasteiger partial charge in [-0.2, -0.15) is 0 Å². The van der Waals surface area contributed by atoms with Crippen LogP contribution in [-0.4, -0.2) is 17.3 Å². The Kier molecular flexibility index (Phi) is 3.67. The summed E-state index contributed by atoms with van der Waals surface area (Å²) >= 11 is 0. The number of aliphatic hydroxyl groups is 1. The van der Waals surface area contributed by atoms with Crippen molar-refractivity contribution in [3.8, 4) is 0 Å². The lowest BCUT2D eigenvalue weighted by Gasteiger charge is -2.30. The lowest BCUT2D eigenvalue weighted by atomic mass is 9.92. The Bertz CT molecular complexity index is 263. The van der Waals surface area contributed by atoms with E-state index >= 15 is 0 Å². The summed E-state index contributed by atoms with van der Waals surface area (Å²) in [7, 11) is 0. The van der Waals surface area contributed by atoms with Gasteiger partial charge in [-0.05, 0) is 26.0 Å². The average Bonchev–Trinajstić information content (AvgIpc) is 2.14. The standard InChI is InChI=1S/C12H19NO/c1-4-13-11(12(2,3)14)10-8-6-5-7-9-10/h5-9,11,13-14H,4H2,1-3H3. The zero-order valence-electron chi connectivity index (χ0n) is 9.12. The van der Waals surface area contributed by atoms with Gasteiger partial charge in [0.1, 0.15) is 0 Å². The van der Waals surface area contributed by atoms with Crippen LogP contribution >= 0.6 is 0 Å². The van der Waals surface area contributed by atoms with Gasteiger partial charge in [-0.15, -0.1) is 0 Å². The van der Waals surface area contributed by atoms with Crippen molar-refractivity contribution < 1.29 is 5.11 Å². The minimum Gasteiger partial charge on any atom is -0.388 e. The maximum atomic E-state index is 10.00. The van der Waals surface area contributed by atoms with E-state index in [-0.39, 0.29) is 6.04 Å². The Morgan fingerprint density at radius 2 is 1.86 bits per heavy atom. The molecule has 0 bridgehead atoms. The molecule has 1 rings (SSSR count). The fourth-order valence-corrected chi connectivity index (χ4v) is 1.63. The van der Waals surface area contributed by atoms with Crippen molar-refractivity contribution in [1.82, 2.24) is 5.32 Å². The molecule has 1 unspecified atom stereocenters. The first kappa shape index (κ1) is 11.2. The van der Waals surface area contributed by atoms with E-state index in [1.807, 2.05) is 51.1 Å². The van der Waals surface area contributed by atoms with Crippen LogP contribution in [0.3, 0.4) is 0 Å². The van der Waals surface area contributed by atoms with Crippen LogP contribution in [-0.2, 0) is 0 Å². The highest BCUT2D eigenvalue weighted by molar-refractivity contribution is 5.21. The van der Waals surface area contributed by atoms with Gasteiger partial charge in [-0.25, -0.2) is 0 Å². The molecule has 0 aliphatic rings. The van der Waals surface area contributed by atoms with Gasteiger partial charge in [0.05, 0.1) is 11.6 Å². The number of rotatable bonds is 4. The molecule has 1 aromatic carbocycles. The fourth-order valence-electron chi connectivity index (χ4n) is 1.63. The molecule has 0 saturated heterocycles. The first-order valence-corrected chi connectivity index (χ1v) is 5.06. The van der Waals surface area contributed by atoms with Crippen LogP contribution in [0.25, 0.3) is 0 Å². The van der Waals surface area contributed by atoms with Gasteiger partial charge in [0.25, 0.3) is 0 Å². The molecule has 0 amide bonds. The molecular formula is C12H19NO. The van der Waals surface area contributed by atoms with Crippen LogP contribution in [0.4, 0.5) is 0 Å². The first-order valence-electron chi connectivity index (χ1n) is 5.06. The third kappa shape index (κ3) is 2.82. The Morgan fingerprint density at radius 3 is 2.29 bits per heavy atom. The molecule has 0 aromatic heterocycles. The number of likely N-dealkylation sites (N-methyl/N-ethyl adjacent to an activating group) is 1. The molecule has 1 aromatic rings. The minimum atomic E-state index is -0.739. The lowest BCUT2D eigenvalue weighted by Crippen LogP contribution is -2.39. The van der Waals surface area contributed by atoms with E-state index < -0.39 is 5.60 Å². The smallest absolute Gasteiger partial charge is 0.0785 e. The van der Waals surface area contributed by atoms with Gasteiger partial charge in [0, 0.05) is 0 Å². The van der Waals surface area contributed by atoms with E-state index in [2.05, 4.69) is 5.32 Å². The second-order valence-electron chi connectivity index (χ2n) is 4.06. The van der Waals surface area contributed by atoms with Crippen LogP contribution in [0.1, 0.15) is 32.4 Å². The first-order chi connectivity index (χ1) is 6.55. The van der Waals surface area contributed by atoms with Crippen LogP contribution in [0.5, 0.6) is 0 Å². The summed E-state index contributed by atoms with van der Waals surface area (Å²) in [6.45, 7) is 6.55. The molecule has 2 N–H and O–H groups in total. The summed E-state index contributed by atoms with van der Waals surface area (Å²) in [6, 6.07) is 10.0. The topological polar surface area (TPSA) is 32.3 Å². The molecule has 0 aliphatic heterocycles. The largest absolute Gasteiger partial charge is 0.388 e. The fraction of sp³-hybridized carbons (Fsp3) is 0.500. The third-order valence-electron chi connectivity index (χ3n) is 2.25. The summed E-state index contributed by atoms with van der Waals surface area (Å²) in [5.41, 5.74) is 0.388. The maximum absolute atomic E-state index is 10.00. The van der Waals surface area contributed by atoms with E-state index in [1.165, 1.54) is 0 Å². The summed E-state index contributed by atoms with van der Waals surface area (Å²) in [5, 5.41) is 13.3. The van der Waals surface area contributed by atoms with E-state index in [0.29, 0.717) is 0 Å². The predicted molar refractivity (Wildman–Crippen MR) is 59.2 cm³/mol. The molecule has 0 fully saturated rings. The molecule has 0 saturated carbocycles. The predicted octanol–water partition coefficient (Wildman–Crippen LogP) is 2.11. The summed E-state index contributed by atoms with van der Waals surface area (Å²) in [5.74, 6) is 0. The monoisotopic (exact) mass is 193 g/mol. The zero-order valence-corrected chi connectivity index (χ0v) is 9.12. The zero-order chi connectivity index (χ0) is 10.6. The molecule has 2 nitrogen and oxygen atoms in total. The summed E-state index contributed by atoms with van der Waals surface area (Å²) < 4.78 is 0. The minimum absolute atomic E-state index is 0.00583. The molecule has 0 heterocycles. The van der Waals surface area contributed by atoms with E-state index in [4.69, 9.17) is 0 Å². The molecule has 78 valence electrons. The summed E-state index contributed by atoms with van der Waals surface area (Å²) in [4.78, 5) is 0. The van der Waals surface area contributed by atoms with E-state index in [1.54, 1.807) is 0 Å². The molecular weight excluding hydrogens is 174 g/mol. The number of hydrogen-bond acceptors (Lipinski definition) is 2. The molecule has 2 heteroatoms. The Hall–Kier alpha value is -0.860. The average molecular weight is 193 g/mol. The Morgan fingerprint density at radius 1 is 1.29 bits per heavy atom. The van der Waals surface area contributed by atoms with Gasteiger partial charge >= 0.3 is 0 Å². The van der Waals surface area contributed by atoms with Gasteiger partial charge in [-0.3, -0.25) is 0 Å². The highest BCUT2D eigenvalue weighted by atomic mass is 16.3. The second-order valence-corrected chi connectivity index (χ2v) is 4.06. The second kappa shape index (κ2) is 4.58.